The fourth-order valence-corrected chi connectivity index (χ4v) is 2.70. The number of nitrogens with zero attached hydrogens (tertiary/aromatic N) is 3. The molecule has 2 N–H and O–H groups in total. The van der Waals surface area contributed by atoms with Crippen molar-refractivity contribution in [2.45, 2.75) is 25.6 Å². The van der Waals surface area contributed by atoms with Gasteiger partial charge >= 0.3 is 6.18 Å². The molecule has 0 bridgehead atoms. The van der Waals surface area contributed by atoms with E-state index in [9.17, 15) is 23.1 Å². The molecule has 3 aromatic rings. The van der Waals surface area contributed by atoms with Crippen molar-refractivity contribution in [3.05, 3.63) is 52.7 Å². The number of hydrogen-bond acceptors (Lipinski definition) is 5. The molecular formula is C19H19F3N4O2. The first-order valence-electron chi connectivity index (χ1n) is 8.45. The Morgan fingerprint density at radius 1 is 1.14 bits per heavy atom. The number of rotatable bonds is 4. The predicted molar refractivity (Wildman–Crippen MR) is 100 cm³/mol. The third-order valence-electron chi connectivity index (χ3n) is 4.16. The van der Waals surface area contributed by atoms with Crippen molar-refractivity contribution in [3.63, 3.8) is 0 Å². The number of nitrogens with one attached hydrogen (secondary N) is 1. The van der Waals surface area contributed by atoms with Crippen molar-refractivity contribution in [1.82, 2.24) is 14.5 Å². The standard InChI is InChI=1S/C19H19F3N4O2/c1-18(2,28)9-24-16-14-15(25-10-26(3)17(14)27)13(8-23-16)11-4-6-12(7-5-11)19(20,21)22/h4-8,10,28H,9H2,1-3H3,(H,23,24). The van der Waals surface area contributed by atoms with E-state index in [1.807, 2.05) is 0 Å². The molecule has 6 nitrogen and oxygen atoms in total. The van der Waals surface area contributed by atoms with Gasteiger partial charge in [-0.15, -0.1) is 0 Å². The Balaban J connectivity index is 2.15. The van der Waals surface area contributed by atoms with Crippen molar-refractivity contribution in [3.8, 4) is 11.1 Å². The number of aryl methyl sites for hydroxylation is 1. The number of alkyl halides is 3. The van der Waals surface area contributed by atoms with Gasteiger partial charge in [-0.1, -0.05) is 12.1 Å². The molecule has 0 unspecified atom stereocenters. The summed E-state index contributed by atoms with van der Waals surface area (Å²) < 4.78 is 39.7. The van der Waals surface area contributed by atoms with Crippen molar-refractivity contribution in [1.29, 1.82) is 0 Å². The lowest BCUT2D eigenvalue weighted by Crippen LogP contribution is -2.30. The minimum Gasteiger partial charge on any atom is -0.389 e. The molecular weight excluding hydrogens is 373 g/mol. The molecule has 0 saturated heterocycles. The smallest absolute Gasteiger partial charge is 0.389 e. The number of aliphatic hydroxyl groups is 1. The van der Waals surface area contributed by atoms with E-state index in [-0.39, 0.29) is 23.3 Å². The highest BCUT2D eigenvalue weighted by Crippen LogP contribution is 2.33. The number of pyridine rings is 1. The number of anilines is 1. The Hall–Kier alpha value is -2.94. The van der Waals surface area contributed by atoms with Gasteiger partial charge in [0.1, 0.15) is 11.2 Å². The van der Waals surface area contributed by atoms with Crippen LogP contribution < -0.4 is 10.9 Å². The SMILES string of the molecule is Cn1cnc2c(-c3ccc(C(F)(F)F)cc3)cnc(NCC(C)(C)O)c2c1=O. The van der Waals surface area contributed by atoms with Crippen molar-refractivity contribution < 1.29 is 18.3 Å². The second-order valence-corrected chi connectivity index (χ2v) is 7.15. The highest BCUT2D eigenvalue weighted by Gasteiger charge is 2.30. The summed E-state index contributed by atoms with van der Waals surface area (Å²) in [6.45, 7) is 3.36. The van der Waals surface area contributed by atoms with Crippen LogP contribution in [0.1, 0.15) is 19.4 Å². The molecule has 3 rings (SSSR count). The summed E-state index contributed by atoms with van der Waals surface area (Å²) in [4.78, 5) is 21.2. The van der Waals surface area contributed by atoms with E-state index in [4.69, 9.17) is 0 Å². The molecule has 0 aliphatic heterocycles. The Labute approximate surface area is 158 Å². The van der Waals surface area contributed by atoms with E-state index in [1.165, 1.54) is 29.2 Å². The van der Waals surface area contributed by atoms with Gasteiger partial charge in [0.25, 0.3) is 5.56 Å². The average molecular weight is 392 g/mol. The zero-order chi connectivity index (χ0) is 20.7. The lowest BCUT2D eigenvalue weighted by atomic mass is 10.0. The molecule has 2 aromatic heterocycles. The minimum atomic E-state index is -4.43. The van der Waals surface area contributed by atoms with Crippen LogP contribution in [0.4, 0.5) is 19.0 Å². The van der Waals surface area contributed by atoms with Crippen LogP contribution in [0.15, 0.2) is 41.6 Å². The molecule has 0 radical (unpaired) electrons. The first kappa shape index (κ1) is 19.8. The maximum atomic E-state index is 12.8. The van der Waals surface area contributed by atoms with Gasteiger partial charge in [0.15, 0.2) is 0 Å². The molecule has 0 aliphatic carbocycles. The third kappa shape index (κ3) is 3.99. The van der Waals surface area contributed by atoms with Crippen LogP contribution >= 0.6 is 0 Å². The van der Waals surface area contributed by atoms with E-state index in [1.54, 1.807) is 20.9 Å². The Bertz CT molecular complexity index is 1070. The summed E-state index contributed by atoms with van der Waals surface area (Å²) in [6, 6.07) is 4.59. The average Bonchev–Trinajstić information content (AvgIpc) is 2.61. The van der Waals surface area contributed by atoms with Crippen LogP contribution in [-0.4, -0.2) is 31.8 Å². The van der Waals surface area contributed by atoms with E-state index in [2.05, 4.69) is 15.3 Å². The Morgan fingerprint density at radius 3 is 2.36 bits per heavy atom. The summed E-state index contributed by atoms with van der Waals surface area (Å²) in [7, 11) is 1.54. The predicted octanol–water partition coefficient (Wildman–Crippen LogP) is 3.20. The van der Waals surface area contributed by atoms with Crippen LogP contribution in [0.2, 0.25) is 0 Å². The molecule has 0 aliphatic rings. The number of aromatic nitrogens is 3. The fourth-order valence-electron chi connectivity index (χ4n) is 2.70. The van der Waals surface area contributed by atoms with Crippen LogP contribution in [-0.2, 0) is 13.2 Å². The van der Waals surface area contributed by atoms with E-state index >= 15 is 0 Å². The first-order chi connectivity index (χ1) is 13.0. The van der Waals surface area contributed by atoms with E-state index < -0.39 is 17.3 Å². The van der Waals surface area contributed by atoms with Crippen LogP contribution in [0.3, 0.4) is 0 Å². The monoisotopic (exact) mass is 392 g/mol. The topological polar surface area (TPSA) is 80.0 Å². The number of hydrogen-bond donors (Lipinski definition) is 2. The van der Waals surface area contributed by atoms with E-state index in [0.29, 0.717) is 16.6 Å². The highest BCUT2D eigenvalue weighted by molar-refractivity contribution is 5.98. The first-order valence-corrected chi connectivity index (χ1v) is 8.45. The molecule has 0 atom stereocenters. The molecule has 0 amide bonds. The largest absolute Gasteiger partial charge is 0.416 e. The third-order valence-corrected chi connectivity index (χ3v) is 4.16. The van der Waals surface area contributed by atoms with Gasteiger partial charge in [0.2, 0.25) is 0 Å². The normalized spacial score (nSPS) is 12.4. The second kappa shape index (κ2) is 6.90. The molecule has 0 saturated carbocycles. The van der Waals surface area contributed by atoms with Crippen LogP contribution in [0.25, 0.3) is 22.0 Å². The molecule has 148 valence electrons. The molecule has 1 aromatic carbocycles. The number of halogens is 3. The Kier molecular flexibility index (Phi) is 4.88. The molecule has 0 fully saturated rings. The zero-order valence-corrected chi connectivity index (χ0v) is 15.5. The number of benzene rings is 1. The molecule has 2 heterocycles. The minimum absolute atomic E-state index is 0.146. The van der Waals surface area contributed by atoms with Gasteiger partial charge in [-0.25, -0.2) is 9.97 Å². The molecule has 28 heavy (non-hydrogen) atoms. The summed E-state index contributed by atoms with van der Waals surface area (Å²) in [5, 5.41) is 13.1. The van der Waals surface area contributed by atoms with Gasteiger partial charge in [-0.2, -0.15) is 13.2 Å². The lowest BCUT2D eigenvalue weighted by molar-refractivity contribution is -0.137. The van der Waals surface area contributed by atoms with Gasteiger partial charge in [-0.05, 0) is 31.5 Å². The van der Waals surface area contributed by atoms with Gasteiger partial charge in [-0.3, -0.25) is 4.79 Å². The van der Waals surface area contributed by atoms with Gasteiger partial charge < -0.3 is 15.0 Å². The van der Waals surface area contributed by atoms with Crippen molar-refractivity contribution in [2.75, 3.05) is 11.9 Å². The summed E-state index contributed by atoms with van der Waals surface area (Å²) in [5.41, 5.74) is -0.940. The molecule has 0 spiro atoms. The summed E-state index contributed by atoms with van der Waals surface area (Å²) in [6.07, 6.45) is -1.64. The maximum Gasteiger partial charge on any atom is 0.416 e. The summed E-state index contributed by atoms with van der Waals surface area (Å²) >= 11 is 0. The van der Waals surface area contributed by atoms with Crippen LogP contribution in [0.5, 0.6) is 0 Å². The lowest BCUT2D eigenvalue weighted by Gasteiger charge is -2.19. The van der Waals surface area contributed by atoms with Crippen LogP contribution in [0, 0.1) is 0 Å². The quantitative estimate of drug-likeness (QED) is 0.713. The van der Waals surface area contributed by atoms with Crippen molar-refractivity contribution in [2.24, 2.45) is 7.05 Å². The maximum absolute atomic E-state index is 12.8. The highest BCUT2D eigenvalue weighted by atomic mass is 19.4. The zero-order valence-electron chi connectivity index (χ0n) is 15.5. The van der Waals surface area contributed by atoms with Gasteiger partial charge in [0.05, 0.1) is 23.0 Å². The second-order valence-electron chi connectivity index (χ2n) is 7.15. The fraction of sp³-hybridized carbons (Fsp3) is 0.316. The van der Waals surface area contributed by atoms with Crippen molar-refractivity contribution >= 4 is 16.7 Å². The van der Waals surface area contributed by atoms with E-state index in [0.717, 1.165) is 12.1 Å². The summed E-state index contributed by atoms with van der Waals surface area (Å²) in [5.74, 6) is 0.251. The Morgan fingerprint density at radius 2 is 1.79 bits per heavy atom. The van der Waals surface area contributed by atoms with Gasteiger partial charge in [0, 0.05) is 25.4 Å². The number of fused-ring (bicyclic) bond motifs is 1. The molecule has 9 heteroatoms.